The fourth-order valence-electron chi connectivity index (χ4n) is 1.82. The minimum absolute atomic E-state index is 0.150. The molecular formula is C10H16N2OS. The molecule has 4 heteroatoms. The number of hydrogen-bond acceptors (Lipinski definition) is 4. The van der Waals surface area contributed by atoms with Crippen LogP contribution in [0.15, 0.2) is 5.38 Å². The summed E-state index contributed by atoms with van der Waals surface area (Å²) in [5.41, 5.74) is 6.78. The average Bonchev–Trinajstić information content (AvgIpc) is 2.85. The lowest BCUT2D eigenvalue weighted by Crippen LogP contribution is -2.18. The van der Waals surface area contributed by atoms with Crippen LogP contribution in [0.25, 0.3) is 0 Å². The summed E-state index contributed by atoms with van der Waals surface area (Å²) in [5.74, 6) is 0.460. The van der Waals surface area contributed by atoms with Gasteiger partial charge in [0.2, 0.25) is 0 Å². The lowest BCUT2D eigenvalue weighted by atomic mass is 10.0. The minimum Gasteiger partial charge on any atom is -0.372 e. The van der Waals surface area contributed by atoms with Gasteiger partial charge in [-0.05, 0) is 19.4 Å². The van der Waals surface area contributed by atoms with Crippen LogP contribution < -0.4 is 5.73 Å². The van der Waals surface area contributed by atoms with E-state index in [1.165, 1.54) is 5.01 Å². The molecule has 3 nitrogen and oxygen atoms in total. The summed E-state index contributed by atoms with van der Waals surface area (Å²) in [6.45, 7) is 3.65. The summed E-state index contributed by atoms with van der Waals surface area (Å²) in [4.78, 5) is 4.55. The maximum atomic E-state index is 5.70. The van der Waals surface area contributed by atoms with Crippen molar-refractivity contribution >= 4 is 11.3 Å². The molecule has 0 spiro atoms. The second-order valence-corrected chi connectivity index (χ2v) is 4.54. The highest BCUT2D eigenvalue weighted by atomic mass is 32.1. The van der Waals surface area contributed by atoms with Crippen LogP contribution in [0, 0.1) is 5.92 Å². The number of thiazole rings is 1. The van der Waals surface area contributed by atoms with Crippen molar-refractivity contribution in [2.75, 3.05) is 13.2 Å². The van der Waals surface area contributed by atoms with Crippen molar-refractivity contribution in [2.45, 2.75) is 25.9 Å². The highest BCUT2D eigenvalue weighted by molar-refractivity contribution is 7.09. The average molecular weight is 212 g/mol. The molecule has 0 amide bonds. The second-order valence-electron chi connectivity index (χ2n) is 3.60. The number of hydrogen-bond donors (Lipinski definition) is 1. The maximum Gasteiger partial charge on any atom is 0.104 e. The van der Waals surface area contributed by atoms with E-state index < -0.39 is 0 Å². The summed E-state index contributed by atoms with van der Waals surface area (Å²) in [5, 5.41) is 3.29. The van der Waals surface area contributed by atoms with Gasteiger partial charge in [0.05, 0.1) is 10.7 Å². The molecule has 2 heterocycles. The zero-order valence-corrected chi connectivity index (χ0v) is 9.22. The quantitative estimate of drug-likeness (QED) is 0.830. The molecule has 0 saturated carbocycles. The second kappa shape index (κ2) is 4.38. The largest absolute Gasteiger partial charge is 0.372 e. The number of aromatic nitrogens is 1. The SMILES string of the molecule is CCc1nc(C2OCCC2CN)cs1. The molecule has 1 fully saturated rings. The van der Waals surface area contributed by atoms with Crippen LogP contribution in [-0.4, -0.2) is 18.1 Å². The van der Waals surface area contributed by atoms with Gasteiger partial charge in [-0.25, -0.2) is 4.98 Å². The van der Waals surface area contributed by atoms with E-state index in [0.717, 1.165) is 25.1 Å². The van der Waals surface area contributed by atoms with Gasteiger partial charge in [0.1, 0.15) is 6.10 Å². The topological polar surface area (TPSA) is 48.1 Å². The van der Waals surface area contributed by atoms with E-state index in [-0.39, 0.29) is 6.10 Å². The number of ether oxygens (including phenoxy) is 1. The zero-order valence-electron chi connectivity index (χ0n) is 8.40. The molecular weight excluding hydrogens is 196 g/mol. The first kappa shape index (κ1) is 10.1. The van der Waals surface area contributed by atoms with Crippen LogP contribution in [0.4, 0.5) is 0 Å². The molecule has 1 aliphatic heterocycles. The number of rotatable bonds is 3. The van der Waals surface area contributed by atoms with Gasteiger partial charge in [0, 0.05) is 17.9 Å². The highest BCUT2D eigenvalue weighted by Crippen LogP contribution is 2.34. The first-order valence-electron chi connectivity index (χ1n) is 5.11. The molecule has 14 heavy (non-hydrogen) atoms. The van der Waals surface area contributed by atoms with E-state index in [1.807, 2.05) is 0 Å². The van der Waals surface area contributed by atoms with E-state index in [9.17, 15) is 0 Å². The summed E-state index contributed by atoms with van der Waals surface area (Å²) >= 11 is 1.72. The Morgan fingerprint density at radius 3 is 3.21 bits per heavy atom. The molecule has 0 aromatic carbocycles. The Balaban J connectivity index is 2.13. The summed E-state index contributed by atoms with van der Waals surface area (Å²) in [7, 11) is 0. The molecule has 2 N–H and O–H groups in total. The lowest BCUT2D eigenvalue weighted by Gasteiger charge is -2.13. The third-order valence-electron chi connectivity index (χ3n) is 2.68. The number of nitrogens with zero attached hydrogens (tertiary/aromatic N) is 1. The predicted octanol–water partition coefficient (Wildman–Crippen LogP) is 1.74. The monoisotopic (exact) mass is 212 g/mol. The highest BCUT2D eigenvalue weighted by Gasteiger charge is 2.30. The lowest BCUT2D eigenvalue weighted by molar-refractivity contribution is 0.0894. The van der Waals surface area contributed by atoms with E-state index in [1.54, 1.807) is 11.3 Å². The smallest absolute Gasteiger partial charge is 0.104 e. The molecule has 1 aromatic heterocycles. The minimum atomic E-state index is 0.150. The van der Waals surface area contributed by atoms with Gasteiger partial charge in [0.25, 0.3) is 0 Å². The van der Waals surface area contributed by atoms with Crippen LogP contribution in [0.2, 0.25) is 0 Å². The Kier molecular flexibility index (Phi) is 3.15. The van der Waals surface area contributed by atoms with Gasteiger partial charge < -0.3 is 10.5 Å². The molecule has 2 rings (SSSR count). The number of aryl methyl sites for hydroxylation is 1. The Morgan fingerprint density at radius 1 is 1.71 bits per heavy atom. The molecule has 1 aromatic rings. The fourth-order valence-corrected chi connectivity index (χ4v) is 2.59. The van der Waals surface area contributed by atoms with Gasteiger partial charge in [-0.3, -0.25) is 0 Å². The van der Waals surface area contributed by atoms with Crippen molar-refractivity contribution in [3.63, 3.8) is 0 Å². The summed E-state index contributed by atoms with van der Waals surface area (Å²) in [6, 6.07) is 0. The molecule has 0 bridgehead atoms. The maximum absolute atomic E-state index is 5.70. The van der Waals surface area contributed by atoms with E-state index in [2.05, 4.69) is 17.3 Å². The zero-order chi connectivity index (χ0) is 9.97. The molecule has 1 saturated heterocycles. The molecule has 0 aliphatic carbocycles. The Hall–Kier alpha value is -0.450. The van der Waals surface area contributed by atoms with Crippen molar-refractivity contribution in [3.05, 3.63) is 16.1 Å². The van der Waals surface area contributed by atoms with E-state index in [4.69, 9.17) is 10.5 Å². The van der Waals surface area contributed by atoms with Gasteiger partial charge >= 0.3 is 0 Å². The summed E-state index contributed by atoms with van der Waals surface area (Å²) < 4.78 is 5.66. The van der Waals surface area contributed by atoms with Crippen molar-refractivity contribution in [1.82, 2.24) is 4.98 Å². The van der Waals surface area contributed by atoms with E-state index in [0.29, 0.717) is 12.5 Å². The standard InChI is InChI=1S/C10H16N2OS/c1-2-9-12-8(6-14-9)10-7(5-11)3-4-13-10/h6-7,10H,2-5,11H2,1H3. The first-order chi connectivity index (χ1) is 6.85. The molecule has 1 aliphatic rings. The van der Waals surface area contributed by atoms with Gasteiger partial charge in [-0.1, -0.05) is 6.92 Å². The van der Waals surface area contributed by atoms with Crippen molar-refractivity contribution in [2.24, 2.45) is 11.7 Å². The van der Waals surface area contributed by atoms with Gasteiger partial charge in [-0.2, -0.15) is 0 Å². The van der Waals surface area contributed by atoms with Crippen LogP contribution in [-0.2, 0) is 11.2 Å². The van der Waals surface area contributed by atoms with Crippen LogP contribution in [0.5, 0.6) is 0 Å². The Labute approximate surface area is 88.3 Å². The third-order valence-corrected chi connectivity index (χ3v) is 3.69. The molecule has 78 valence electrons. The number of nitrogens with two attached hydrogens (primary N) is 1. The predicted molar refractivity (Wildman–Crippen MR) is 57.3 cm³/mol. The molecule has 2 unspecified atom stereocenters. The third kappa shape index (κ3) is 1.82. The summed E-state index contributed by atoms with van der Waals surface area (Å²) in [6.07, 6.45) is 2.22. The van der Waals surface area contributed by atoms with Gasteiger partial charge in [-0.15, -0.1) is 11.3 Å². The van der Waals surface area contributed by atoms with Crippen LogP contribution in [0.1, 0.15) is 30.2 Å². The Bertz CT molecular complexity index is 300. The van der Waals surface area contributed by atoms with Crippen LogP contribution in [0.3, 0.4) is 0 Å². The van der Waals surface area contributed by atoms with E-state index >= 15 is 0 Å². The fraction of sp³-hybridized carbons (Fsp3) is 0.700. The first-order valence-corrected chi connectivity index (χ1v) is 5.99. The normalized spacial score (nSPS) is 27.0. The van der Waals surface area contributed by atoms with Crippen molar-refractivity contribution < 1.29 is 4.74 Å². The van der Waals surface area contributed by atoms with Gasteiger partial charge in [0.15, 0.2) is 0 Å². The van der Waals surface area contributed by atoms with Crippen molar-refractivity contribution in [3.8, 4) is 0 Å². The van der Waals surface area contributed by atoms with Crippen molar-refractivity contribution in [1.29, 1.82) is 0 Å². The van der Waals surface area contributed by atoms with Crippen LogP contribution >= 0.6 is 11.3 Å². The Morgan fingerprint density at radius 2 is 2.57 bits per heavy atom. The molecule has 2 atom stereocenters. The molecule has 0 radical (unpaired) electrons.